The molecule has 0 aromatic heterocycles. The van der Waals surface area contributed by atoms with Crippen molar-refractivity contribution in [1.82, 2.24) is 0 Å². The van der Waals surface area contributed by atoms with Gasteiger partial charge >= 0.3 is 11.9 Å². The standard InChI is InChI=1S/C24H22O7/c1-27-19-11-5-4-10-18(19)23(25)31-17-9-6-8-16(14-17)15-30-24(26)22-20(28-2)12-7-13-21(22)29-3/h4-14H,15H2,1-3H3. The van der Waals surface area contributed by atoms with Gasteiger partial charge in [0.2, 0.25) is 0 Å². The summed E-state index contributed by atoms with van der Waals surface area (Å²) in [4.78, 5) is 25.1. The minimum absolute atomic E-state index is 0.0277. The zero-order valence-corrected chi connectivity index (χ0v) is 17.4. The van der Waals surface area contributed by atoms with E-state index in [1.165, 1.54) is 21.3 Å². The van der Waals surface area contributed by atoms with Crippen LogP contribution in [0.15, 0.2) is 66.7 Å². The Morgan fingerprint density at radius 1 is 0.710 bits per heavy atom. The van der Waals surface area contributed by atoms with Crippen LogP contribution in [0.3, 0.4) is 0 Å². The summed E-state index contributed by atoms with van der Waals surface area (Å²) in [6.07, 6.45) is 0. The fraction of sp³-hybridized carbons (Fsp3) is 0.167. The number of esters is 2. The van der Waals surface area contributed by atoms with Crippen molar-refractivity contribution in [1.29, 1.82) is 0 Å². The van der Waals surface area contributed by atoms with Crippen LogP contribution in [0.5, 0.6) is 23.0 Å². The first-order chi connectivity index (χ1) is 15.1. The first-order valence-electron chi connectivity index (χ1n) is 9.39. The van der Waals surface area contributed by atoms with Crippen LogP contribution in [0.2, 0.25) is 0 Å². The van der Waals surface area contributed by atoms with Crippen molar-refractivity contribution in [2.75, 3.05) is 21.3 Å². The minimum Gasteiger partial charge on any atom is -0.496 e. The topological polar surface area (TPSA) is 80.3 Å². The van der Waals surface area contributed by atoms with Crippen LogP contribution in [0.4, 0.5) is 0 Å². The largest absolute Gasteiger partial charge is 0.496 e. The van der Waals surface area contributed by atoms with Gasteiger partial charge in [0, 0.05) is 0 Å². The highest BCUT2D eigenvalue weighted by Gasteiger charge is 2.20. The van der Waals surface area contributed by atoms with E-state index in [0.717, 1.165) is 0 Å². The molecular weight excluding hydrogens is 400 g/mol. The molecule has 0 fully saturated rings. The average molecular weight is 422 g/mol. The predicted molar refractivity (Wildman–Crippen MR) is 113 cm³/mol. The van der Waals surface area contributed by atoms with E-state index in [9.17, 15) is 9.59 Å². The van der Waals surface area contributed by atoms with E-state index >= 15 is 0 Å². The molecule has 0 saturated carbocycles. The van der Waals surface area contributed by atoms with Crippen LogP contribution < -0.4 is 18.9 Å². The van der Waals surface area contributed by atoms with Gasteiger partial charge in [-0.25, -0.2) is 9.59 Å². The smallest absolute Gasteiger partial charge is 0.347 e. The van der Waals surface area contributed by atoms with Gasteiger partial charge in [0.25, 0.3) is 0 Å². The molecule has 3 aromatic carbocycles. The number of para-hydroxylation sites is 1. The van der Waals surface area contributed by atoms with Crippen molar-refractivity contribution in [3.8, 4) is 23.0 Å². The molecule has 3 rings (SSSR count). The summed E-state index contributed by atoms with van der Waals surface area (Å²) < 4.78 is 26.5. The van der Waals surface area contributed by atoms with Gasteiger partial charge in [-0.1, -0.05) is 30.3 Å². The van der Waals surface area contributed by atoms with Crippen molar-refractivity contribution in [2.45, 2.75) is 6.61 Å². The predicted octanol–water partition coefficient (Wildman–Crippen LogP) is 4.29. The van der Waals surface area contributed by atoms with Crippen LogP contribution in [0.25, 0.3) is 0 Å². The highest BCUT2D eigenvalue weighted by Crippen LogP contribution is 2.29. The number of carbonyl (C=O) groups is 2. The molecule has 0 amide bonds. The molecule has 0 radical (unpaired) electrons. The molecule has 0 atom stereocenters. The van der Waals surface area contributed by atoms with Crippen molar-refractivity contribution in [2.24, 2.45) is 0 Å². The van der Waals surface area contributed by atoms with Crippen molar-refractivity contribution in [3.63, 3.8) is 0 Å². The van der Waals surface area contributed by atoms with Crippen LogP contribution >= 0.6 is 0 Å². The number of hydrogen-bond acceptors (Lipinski definition) is 7. The fourth-order valence-electron chi connectivity index (χ4n) is 2.95. The Balaban J connectivity index is 1.70. The Morgan fingerprint density at radius 3 is 2.00 bits per heavy atom. The average Bonchev–Trinajstić information content (AvgIpc) is 2.82. The molecule has 0 spiro atoms. The van der Waals surface area contributed by atoms with Crippen LogP contribution in [-0.4, -0.2) is 33.3 Å². The van der Waals surface area contributed by atoms with Gasteiger partial charge in [-0.3, -0.25) is 0 Å². The summed E-state index contributed by atoms with van der Waals surface area (Å²) in [5, 5.41) is 0. The molecule has 0 N–H and O–H groups in total. The molecule has 0 unspecified atom stereocenters. The lowest BCUT2D eigenvalue weighted by Crippen LogP contribution is -2.11. The first kappa shape index (κ1) is 21.7. The molecular formula is C24H22O7. The van der Waals surface area contributed by atoms with E-state index < -0.39 is 11.9 Å². The van der Waals surface area contributed by atoms with Gasteiger partial charge in [-0.05, 0) is 42.0 Å². The third kappa shape index (κ3) is 5.14. The molecule has 7 heteroatoms. The summed E-state index contributed by atoms with van der Waals surface area (Å²) in [7, 11) is 4.41. The Morgan fingerprint density at radius 2 is 1.32 bits per heavy atom. The SMILES string of the molecule is COc1ccccc1C(=O)Oc1cccc(COC(=O)c2c(OC)cccc2OC)c1. The first-order valence-corrected chi connectivity index (χ1v) is 9.39. The maximum atomic E-state index is 12.6. The second-order valence-electron chi connectivity index (χ2n) is 6.35. The van der Waals surface area contributed by atoms with Gasteiger partial charge in [0.1, 0.15) is 40.7 Å². The molecule has 7 nitrogen and oxygen atoms in total. The number of methoxy groups -OCH3 is 3. The Hall–Kier alpha value is -4.00. The lowest BCUT2D eigenvalue weighted by Gasteiger charge is -2.13. The molecule has 160 valence electrons. The molecule has 0 aliphatic rings. The van der Waals surface area contributed by atoms with E-state index in [1.54, 1.807) is 66.7 Å². The van der Waals surface area contributed by atoms with Crippen molar-refractivity contribution >= 4 is 11.9 Å². The number of benzene rings is 3. The molecule has 3 aromatic rings. The van der Waals surface area contributed by atoms with E-state index in [2.05, 4.69) is 0 Å². The van der Waals surface area contributed by atoms with Crippen molar-refractivity contribution in [3.05, 3.63) is 83.4 Å². The Bertz CT molecular complexity index is 1050. The third-order valence-electron chi connectivity index (χ3n) is 4.44. The van der Waals surface area contributed by atoms with Gasteiger partial charge in [0.05, 0.1) is 21.3 Å². The van der Waals surface area contributed by atoms with Gasteiger partial charge in [0.15, 0.2) is 0 Å². The minimum atomic E-state index is -0.592. The molecule has 0 aliphatic carbocycles. The van der Waals surface area contributed by atoms with Gasteiger partial charge in [-0.2, -0.15) is 0 Å². The molecule has 0 bridgehead atoms. The highest BCUT2D eigenvalue weighted by molar-refractivity contribution is 5.96. The maximum Gasteiger partial charge on any atom is 0.347 e. The van der Waals surface area contributed by atoms with Gasteiger partial charge in [-0.15, -0.1) is 0 Å². The van der Waals surface area contributed by atoms with E-state index in [4.69, 9.17) is 23.7 Å². The van der Waals surface area contributed by atoms with Gasteiger partial charge < -0.3 is 23.7 Å². The normalized spacial score (nSPS) is 10.2. The van der Waals surface area contributed by atoms with E-state index in [1.807, 2.05) is 0 Å². The molecule has 0 heterocycles. The van der Waals surface area contributed by atoms with Crippen LogP contribution in [0.1, 0.15) is 26.3 Å². The van der Waals surface area contributed by atoms with Crippen LogP contribution in [0, 0.1) is 0 Å². The zero-order chi connectivity index (χ0) is 22.2. The lowest BCUT2D eigenvalue weighted by atomic mass is 10.1. The maximum absolute atomic E-state index is 12.6. The lowest BCUT2D eigenvalue weighted by molar-refractivity contribution is 0.0463. The number of carbonyl (C=O) groups excluding carboxylic acids is 2. The number of hydrogen-bond donors (Lipinski definition) is 0. The summed E-state index contributed by atoms with van der Waals surface area (Å²) in [5.41, 5.74) is 1.16. The second-order valence-corrected chi connectivity index (χ2v) is 6.35. The highest BCUT2D eigenvalue weighted by atomic mass is 16.5. The summed E-state index contributed by atoms with van der Waals surface area (Å²) in [6, 6.07) is 18.5. The quantitative estimate of drug-likeness (QED) is 0.396. The zero-order valence-electron chi connectivity index (χ0n) is 17.4. The fourth-order valence-corrected chi connectivity index (χ4v) is 2.95. The monoisotopic (exact) mass is 422 g/mol. The Labute approximate surface area is 180 Å². The summed E-state index contributed by atoms with van der Waals surface area (Å²) >= 11 is 0. The molecule has 0 saturated heterocycles. The number of rotatable bonds is 8. The van der Waals surface area contributed by atoms with Crippen LogP contribution in [-0.2, 0) is 11.3 Å². The molecule has 31 heavy (non-hydrogen) atoms. The Kier molecular flexibility index (Phi) is 7.11. The van der Waals surface area contributed by atoms with E-state index in [-0.39, 0.29) is 12.2 Å². The van der Waals surface area contributed by atoms with E-state index in [0.29, 0.717) is 34.1 Å². The number of ether oxygens (including phenoxy) is 5. The third-order valence-corrected chi connectivity index (χ3v) is 4.44. The van der Waals surface area contributed by atoms with Crippen molar-refractivity contribution < 1.29 is 33.3 Å². The summed E-state index contributed by atoms with van der Waals surface area (Å²) in [5.74, 6) is 0.298. The second kappa shape index (κ2) is 10.2. The molecule has 0 aliphatic heterocycles. The summed E-state index contributed by atoms with van der Waals surface area (Å²) in [6.45, 7) is -0.0277.